The van der Waals surface area contributed by atoms with Gasteiger partial charge in [-0.2, -0.15) is 0 Å². The highest BCUT2D eigenvalue weighted by atomic mass is 19.1. The first-order valence-corrected chi connectivity index (χ1v) is 7.05. The number of likely N-dealkylation sites (N-methyl/N-ethyl adjacent to an activating group) is 1. The number of anilines is 1. The monoisotopic (exact) mass is 291 g/mol. The van der Waals surface area contributed by atoms with E-state index in [1.54, 1.807) is 25.1 Å². The Balaban J connectivity index is 1.96. The molecule has 6 heteroatoms. The molecule has 1 fully saturated rings. The number of nitrogens with one attached hydrogen (secondary N) is 1. The summed E-state index contributed by atoms with van der Waals surface area (Å²) < 4.78 is 14.0. The lowest BCUT2D eigenvalue weighted by Gasteiger charge is -2.38. The van der Waals surface area contributed by atoms with E-state index in [2.05, 4.69) is 5.32 Å². The van der Waals surface area contributed by atoms with E-state index in [1.165, 1.54) is 11.0 Å². The van der Waals surface area contributed by atoms with Crippen LogP contribution in [0.25, 0.3) is 0 Å². The normalized spacial score (nSPS) is 19.9. The van der Waals surface area contributed by atoms with E-state index in [-0.39, 0.29) is 17.8 Å². The van der Waals surface area contributed by atoms with Crippen molar-refractivity contribution in [1.82, 2.24) is 10.2 Å². The number of urea groups is 1. The summed E-state index contributed by atoms with van der Waals surface area (Å²) in [5.41, 5.74) is 0.457. The maximum Gasteiger partial charge on any atom is 0.317 e. The van der Waals surface area contributed by atoms with Gasteiger partial charge in [-0.1, -0.05) is 12.1 Å². The van der Waals surface area contributed by atoms with Gasteiger partial charge in [-0.3, -0.25) is 4.79 Å². The third kappa shape index (κ3) is 1.81. The Morgan fingerprint density at radius 1 is 1.33 bits per heavy atom. The van der Waals surface area contributed by atoms with Crippen molar-refractivity contribution in [3.63, 3.8) is 0 Å². The number of halogens is 1. The summed E-state index contributed by atoms with van der Waals surface area (Å²) in [6, 6.07) is 4.72. The number of carbonyl (C=O) groups is 2. The third-order valence-corrected chi connectivity index (χ3v) is 4.67. The van der Waals surface area contributed by atoms with Crippen LogP contribution in [0.5, 0.6) is 0 Å². The van der Waals surface area contributed by atoms with Gasteiger partial charge in [0.15, 0.2) is 0 Å². The first kappa shape index (κ1) is 13.9. The zero-order valence-electron chi connectivity index (χ0n) is 12.1. The molecule has 1 aromatic rings. The van der Waals surface area contributed by atoms with Crippen molar-refractivity contribution in [1.29, 1.82) is 0 Å². The van der Waals surface area contributed by atoms with Crippen LogP contribution in [0, 0.1) is 5.82 Å². The van der Waals surface area contributed by atoms with E-state index < -0.39 is 5.41 Å². The van der Waals surface area contributed by atoms with Crippen LogP contribution < -0.4 is 10.2 Å². The van der Waals surface area contributed by atoms with Gasteiger partial charge in [-0.25, -0.2) is 9.18 Å². The molecule has 112 valence electrons. The number of likely N-dealkylation sites (tertiary alicyclic amines) is 1. The molecular weight excluding hydrogens is 273 g/mol. The van der Waals surface area contributed by atoms with E-state index in [9.17, 15) is 14.0 Å². The summed E-state index contributed by atoms with van der Waals surface area (Å²) in [6.07, 6.45) is 1.06. The van der Waals surface area contributed by atoms with Crippen LogP contribution in [-0.4, -0.2) is 44.0 Å². The second-order valence-electron chi connectivity index (χ2n) is 5.62. The minimum absolute atomic E-state index is 0.0702. The lowest BCUT2D eigenvalue weighted by atomic mass is 9.73. The van der Waals surface area contributed by atoms with Crippen LogP contribution in [-0.2, 0) is 10.2 Å². The number of nitrogens with zero attached hydrogens (tertiary/aromatic N) is 2. The molecule has 5 nitrogen and oxygen atoms in total. The highest BCUT2D eigenvalue weighted by Gasteiger charge is 2.52. The predicted molar refractivity (Wildman–Crippen MR) is 76.8 cm³/mol. The smallest absolute Gasteiger partial charge is 0.317 e. The molecule has 0 radical (unpaired) electrons. The molecule has 0 bridgehead atoms. The standard InChI is InChI=1S/C15H18FN3O2/c1-17-14(21)19-8-6-15(7-9-19)10-4-3-5-11(16)12(10)18(2)13(15)20/h3-5H,6-9H2,1-2H3,(H,17,21). The molecule has 0 unspecified atom stereocenters. The lowest BCUT2D eigenvalue weighted by Crippen LogP contribution is -2.51. The Morgan fingerprint density at radius 2 is 2.00 bits per heavy atom. The van der Waals surface area contributed by atoms with Crippen molar-refractivity contribution in [2.45, 2.75) is 18.3 Å². The number of rotatable bonds is 0. The molecule has 2 aliphatic heterocycles. The molecule has 2 heterocycles. The molecule has 0 atom stereocenters. The van der Waals surface area contributed by atoms with Gasteiger partial charge in [0.05, 0.1) is 11.1 Å². The molecule has 3 amide bonds. The number of carbonyl (C=O) groups excluding carboxylic acids is 2. The van der Waals surface area contributed by atoms with Gasteiger partial charge in [0.1, 0.15) is 5.82 Å². The number of para-hydroxylation sites is 1. The van der Waals surface area contributed by atoms with Gasteiger partial charge in [0.25, 0.3) is 0 Å². The maximum atomic E-state index is 14.0. The average Bonchev–Trinajstić information content (AvgIpc) is 2.71. The minimum atomic E-state index is -0.684. The van der Waals surface area contributed by atoms with E-state index in [1.807, 2.05) is 6.07 Å². The van der Waals surface area contributed by atoms with Crippen LogP contribution in [0.15, 0.2) is 18.2 Å². The van der Waals surface area contributed by atoms with Gasteiger partial charge in [0, 0.05) is 27.2 Å². The summed E-state index contributed by atoms with van der Waals surface area (Å²) in [5.74, 6) is -0.437. The Bertz CT molecular complexity index is 609. The highest BCUT2D eigenvalue weighted by Crippen LogP contribution is 2.48. The number of piperidine rings is 1. The highest BCUT2D eigenvalue weighted by molar-refractivity contribution is 6.08. The van der Waals surface area contributed by atoms with Crippen LogP contribution in [0.3, 0.4) is 0 Å². The summed E-state index contributed by atoms with van der Waals surface area (Å²) in [6.45, 7) is 0.990. The van der Waals surface area contributed by atoms with Crippen LogP contribution >= 0.6 is 0 Å². The Hall–Kier alpha value is -2.11. The number of fused-ring (bicyclic) bond motifs is 2. The van der Waals surface area contributed by atoms with Gasteiger partial charge >= 0.3 is 6.03 Å². The second-order valence-corrected chi connectivity index (χ2v) is 5.62. The second kappa shape index (κ2) is 4.72. The molecule has 0 aromatic heterocycles. The fourth-order valence-corrected chi connectivity index (χ4v) is 3.51. The zero-order chi connectivity index (χ0) is 15.2. The topological polar surface area (TPSA) is 52.7 Å². The van der Waals surface area contributed by atoms with Gasteiger partial charge in [0.2, 0.25) is 5.91 Å². The summed E-state index contributed by atoms with van der Waals surface area (Å²) in [4.78, 5) is 27.5. The minimum Gasteiger partial charge on any atom is -0.341 e. The van der Waals surface area contributed by atoms with Crippen LogP contribution in [0.1, 0.15) is 18.4 Å². The van der Waals surface area contributed by atoms with Crippen molar-refractivity contribution in [2.24, 2.45) is 0 Å². The van der Waals surface area contributed by atoms with Gasteiger partial charge in [-0.15, -0.1) is 0 Å². The molecule has 1 spiro atoms. The molecule has 0 saturated carbocycles. The number of amides is 3. The number of hydrogen-bond acceptors (Lipinski definition) is 2. The molecule has 1 aromatic carbocycles. The molecule has 0 aliphatic carbocycles. The number of hydrogen-bond donors (Lipinski definition) is 1. The first-order chi connectivity index (χ1) is 10.0. The average molecular weight is 291 g/mol. The quantitative estimate of drug-likeness (QED) is 0.787. The molecule has 21 heavy (non-hydrogen) atoms. The maximum absolute atomic E-state index is 14.0. The Kier molecular flexibility index (Phi) is 3.11. The molecule has 3 rings (SSSR count). The summed E-state index contributed by atoms with van der Waals surface area (Å²) in [5, 5.41) is 2.59. The third-order valence-electron chi connectivity index (χ3n) is 4.67. The van der Waals surface area contributed by atoms with Crippen molar-refractivity contribution in [2.75, 3.05) is 32.1 Å². The van der Waals surface area contributed by atoms with E-state index in [4.69, 9.17) is 0 Å². The Morgan fingerprint density at radius 3 is 2.62 bits per heavy atom. The molecule has 1 N–H and O–H groups in total. The van der Waals surface area contributed by atoms with Crippen molar-refractivity contribution >= 4 is 17.6 Å². The van der Waals surface area contributed by atoms with Crippen molar-refractivity contribution in [3.8, 4) is 0 Å². The molecular formula is C15H18FN3O2. The van der Waals surface area contributed by atoms with E-state index in [0.29, 0.717) is 31.6 Å². The van der Waals surface area contributed by atoms with Crippen LogP contribution in [0.2, 0.25) is 0 Å². The van der Waals surface area contributed by atoms with Gasteiger partial charge in [-0.05, 0) is 24.5 Å². The Labute approximate surface area is 122 Å². The summed E-state index contributed by atoms with van der Waals surface area (Å²) in [7, 11) is 3.20. The molecule has 2 aliphatic rings. The lowest BCUT2D eigenvalue weighted by molar-refractivity contribution is -0.124. The number of benzene rings is 1. The fourth-order valence-electron chi connectivity index (χ4n) is 3.51. The van der Waals surface area contributed by atoms with E-state index >= 15 is 0 Å². The largest absolute Gasteiger partial charge is 0.341 e. The van der Waals surface area contributed by atoms with Crippen molar-refractivity contribution < 1.29 is 14.0 Å². The van der Waals surface area contributed by atoms with Gasteiger partial charge < -0.3 is 15.1 Å². The molecule has 1 saturated heterocycles. The van der Waals surface area contributed by atoms with Crippen LogP contribution in [0.4, 0.5) is 14.9 Å². The zero-order valence-corrected chi connectivity index (χ0v) is 12.1. The van der Waals surface area contributed by atoms with E-state index in [0.717, 1.165) is 5.56 Å². The first-order valence-electron chi connectivity index (χ1n) is 7.05. The predicted octanol–water partition coefficient (Wildman–Crippen LogP) is 1.48. The van der Waals surface area contributed by atoms with Crippen molar-refractivity contribution in [3.05, 3.63) is 29.6 Å². The SMILES string of the molecule is CNC(=O)N1CCC2(CC1)C(=O)N(C)c1c(F)cccc12. The summed E-state index contributed by atoms with van der Waals surface area (Å²) >= 11 is 0. The fraction of sp³-hybridized carbons (Fsp3) is 0.467.